The number of rotatable bonds is 6. The van der Waals surface area contributed by atoms with E-state index < -0.39 is 0 Å². The molecule has 0 unspecified atom stereocenters. The van der Waals surface area contributed by atoms with E-state index in [1.165, 1.54) is 58.2 Å². The van der Waals surface area contributed by atoms with Crippen LogP contribution in [0.15, 0.2) is 4.99 Å². The van der Waals surface area contributed by atoms with Crippen molar-refractivity contribution in [3.8, 4) is 0 Å². The van der Waals surface area contributed by atoms with Crippen LogP contribution in [0.5, 0.6) is 0 Å². The molecule has 1 aliphatic carbocycles. The second kappa shape index (κ2) is 9.82. The molecule has 2 fully saturated rings. The standard InChI is InChI=1S/C15H30N4.HI/c1-2-8-19-9-6-14(7-10-19)12-18-15(16)17-11-13-4-3-5-13;/h13-14H,2-12H2,1H3,(H3,16,17,18);1H. The van der Waals surface area contributed by atoms with E-state index in [0.29, 0.717) is 5.96 Å². The first-order valence-electron chi connectivity index (χ1n) is 8.04. The summed E-state index contributed by atoms with van der Waals surface area (Å²) in [5.41, 5.74) is 5.92. The van der Waals surface area contributed by atoms with E-state index in [9.17, 15) is 0 Å². The van der Waals surface area contributed by atoms with E-state index in [2.05, 4.69) is 22.1 Å². The zero-order valence-electron chi connectivity index (χ0n) is 12.8. The van der Waals surface area contributed by atoms with Gasteiger partial charge < -0.3 is 16.0 Å². The molecule has 1 saturated heterocycles. The summed E-state index contributed by atoms with van der Waals surface area (Å²) in [6, 6.07) is 0. The normalized spacial score (nSPS) is 22.1. The van der Waals surface area contributed by atoms with Crippen molar-refractivity contribution >= 4 is 29.9 Å². The molecule has 0 spiro atoms. The number of guanidine groups is 1. The van der Waals surface area contributed by atoms with E-state index >= 15 is 0 Å². The Balaban J connectivity index is 0.00000200. The van der Waals surface area contributed by atoms with Crippen molar-refractivity contribution in [3.05, 3.63) is 0 Å². The van der Waals surface area contributed by atoms with Gasteiger partial charge in [0.1, 0.15) is 0 Å². The minimum Gasteiger partial charge on any atom is -0.370 e. The van der Waals surface area contributed by atoms with Crippen molar-refractivity contribution in [1.82, 2.24) is 10.2 Å². The van der Waals surface area contributed by atoms with E-state index in [1.54, 1.807) is 0 Å². The number of halogens is 1. The Morgan fingerprint density at radius 1 is 1.20 bits per heavy atom. The Morgan fingerprint density at radius 2 is 1.90 bits per heavy atom. The van der Waals surface area contributed by atoms with Crippen LogP contribution in [0.1, 0.15) is 45.4 Å². The largest absolute Gasteiger partial charge is 0.370 e. The Hall–Kier alpha value is -0.0400. The van der Waals surface area contributed by atoms with Crippen LogP contribution >= 0.6 is 24.0 Å². The molecule has 0 aromatic heterocycles. The molecule has 0 aromatic rings. The van der Waals surface area contributed by atoms with Crippen LogP contribution in [-0.4, -0.2) is 43.6 Å². The molecule has 0 bridgehead atoms. The molecule has 1 aliphatic heterocycles. The number of nitrogens with two attached hydrogens (primary N) is 1. The molecule has 1 saturated carbocycles. The number of likely N-dealkylation sites (tertiary alicyclic amines) is 1. The molecular formula is C15H31IN4. The summed E-state index contributed by atoms with van der Waals surface area (Å²) >= 11 is 0. The van der Waals surface area contributed by atoms with Crippen LogP contribution in [0.3, 0.4) is 0 Å². The summed E-state index contributed by atoms with van der Waals surface area (Å²) in [7, 11) is 0. The fourth-order valence-electron chi connectivity index (χ4n) is 2.94. The maximum absolute atomic E-state index is 5.92. The molecule has 20 heavy (non-hydrogen) atoms. The Bertz CT molecular complexity index is 284. The van der Waals surface area contributed by atoms with E-state index in [1.807, 2.05) is 0 Å². The Labute approximate surface area is 141 Å². The number of nitrogens with one attached hydrogen (secondary N) is 1. The average Bonchev–Trinajstić information content (AvgIpc) is 2.36. The first-order chi connectivity index (χ1) is 9.28. The molecule has 4 nitrogen and oxygen atoms in total. The van der Waals surface area contributed by atoms with Gasteiger partial charge in [-0.1, -0.05) is 13.3 Å². The highest BCUT2D eigenvalue weighted by atomic mass is 127. The second-order valence-electron chi connectivity index (χ2n) is 6.19. The topological polar surface area (TPSA) is 53.6 Å². The van der Waals surface area contributed by atoms with Gasteiger partial charge in [0, 0.05) is 13.1 Å². The number of nitrogens with zero attached hydrogens (tertiary/aromatic N) is 2. The van der Waals surface area contributed by atoms with Crippen molar-refractivity contribution in [1.29, 1.82) is 0 Å². The van der Waals surface area contributed by atoms with Gasteiger partial charge in [-0.05, 0) is 63.6 Å². The monoisotopic (exact) mass is 394 g/mol. The third-order valence-electron chi connectivity index (χ3n) is 4.56. The van der Waals surface area contributed by atoms with E-state index in [0.717, 1.165) is 24.9 Å². The fourth-order valence-corrected chi connectivity index (χ4v) is 2.94. The lowest BCUT2D eigenvalue weighted by Crippen LogP contribution is -2.41. The van der Waals surface area contributed by atoms with Crippen LogP contribution in [0, 0.1) is 11.8 Å². The molecule has 2 aliphatic rings. The minimum atomic E-state index is 0. The van der Waals surface area contributed by atoms with Crippen molar-refractivity contribution in [2.75, 3.05) is 32.7 Å². The molecule has 0 amide bonds. The number of piperidine rings is 1. The zero-order valence-corrected chi connectivity index (χ0v) is 15.1. The summed E-state index contributed by atoms with van der Waals surface area (Å²) in [4.78, 5) is 7.02. The van der Waals surface area contributed by atoms with Gasteiger partial charge in [0.25, 0.3) is 0 Å². The summed E-state index contributed by atoms with van der Waals surface area (Å²) in [5.74, 6) is 2.23. The first-order valence-corrected chi connectivity index (χ1v) is 8.04. The molecule has 1 heterocycles. The van der Waals surface area contributed by atoms with Gasteiger partial charge in [-0.3, -0.25) is 4.99 Å². The lowest BCUT2D eigenvalue weighted by Gasteiger charge is -2.31. The summed E-state index contributed by atoms with van der Waals surface area (Å²) in [6.07, 6.45) is 7.92. The highest BCUT2D eigenvalue weighted by molar-refractivity contribution is 14.0. The van der Waals surface area contributed by atoms with Crippen molar-refractivity contribution in [2.45, 2.75) is 45.4 Å². The molecule has 0 aromatic carbocycles. The molecule has 118 valence electrons. The SMILES string of the molecule is CCCN1CCC(CNC(N)=NCC2CCC2)CC1.I. The quantitative estimate of drug-likeness (QED) is 0.413. The molecular weight excluding hydrogens is 363 g/mol. The predicted molar refractivity (Wildman–Crippen MR) is 96.7 cm³/mol. The predicted octanol–water partition coefficient (Wildman–Crippen LogP) is 2.43. The summed E-state index contributed by atoms with van der Waals surface area (Å²) in [5, 5.41) is 3.31. The third-order valence-corrected chi connectivity index (χ3v) is 4.56. The lowest BCUT2D eigenvalue weighted by molar-refractivity contribution is 0.185. The third kappa shape index (κ3) is 6.16. The first kappa shape index (κ1) is 18.0. The number of aliphatic imine (C=N–C) groups is 1. The number of hydrogen-bond donors (Lipinski definition) is 2. The van der Waals surface area contributed by atoms with Gasteiger partial charge in [0.15, 0.2) is 5.96 Å². The minimum absolute atomic E-state index is 0. The second-order valence-corrected chi connectivity index (χ2v) is 6.19. The number of hydrogen-bond acceptors (Lipinski definition) is 2. The summed E-state index contributed by atoms with van der Waals surface area (Å²) < 4.78 is 0. The highest BCUT2D eigenvalue weighted by Gasteiger charge is 2.19. The van der Waals surface area contributed by atoms with Gasteiger partial charge in [-0.2, -0.15) is 0 Å². The fraction of sp³-hybridized carbons (Fsp3) is 0.933. The Kier molecular flexibility index (Phi) is 8.84. The van der Waals surface area contributed by atoms with Crippen LogP contribution in [0.25, 0.3) is 0 Å². The van der Waals surface area contributed by atoms with Gasteiger partial charge in [-0.25, -0.2) is 0 Å². The summed E-state index contributed by atoms with van der Waals surface area (Å²) in [6.45, 7) is 7.93. The average molecular weight is 394 g/mol. The molecule has 2 rings (SSSR count). The van der Waals surface area contributed by atoms with Crippen LogP contribution in [-0.2, 0) is 0 Å². The van der Waals surface area contributed by atoms with Gasteiger partial charge >= 0.3 is 0 Å². The van der Waals surface area contributed by atoms with Crippen molar-refractivity contribution in [2.24, 2.45) is 22.6 Å². The van der Waals surface area contributed by atoms with E-state index in [4.69, 9.17) is 5.73 Å². The van der Waals surface area contributed by atoms with Crippen molar-refractivity contribution < 1.29 is 0 Å². The Morgan fingerprint density at radius 3 is 2.45 bits per heavy atom. The molecule has 3 N–H and O–H groups in total. The van der Waals surface area contributed by atoms with Crippen LogP contribution in [0.4, 0.5) is 0 Å². The smallest absolute Gasteiger partial charge is 0.188 e. The maximum Gasteiger partial charge on any atom is 0.188 e. The van der Waals surface area contributed by atoms with Crippen LogP contribution < -0.4 is 11.1 Å². The molecule has 0 radical (unpaired) electrons. The highest BCUT2D eigenvalue weighted by Crippen LogP contribution is 2.26. The van der Waals surface area contributed by atoms with E-state index in [-0.39, 0.29) is 24.0 Å². The van der Waals surface area contributed by atoms with Crippen molar-refractivity contribution in [3.63, 3.8) is 0 Å². The molecule has 5 heteroatoms. The zero-order chi connectivity index (χ0) is 13.5. The maximum atomic E-state index is 5.92. The van der Waals surface area contributed by atoms with Crippen LogP contribution in [0.2, 0.25) is 0 Å². The van der Waals surface area contributed by atoms with Gasteiger partial charge in [0.05, 0.1) is 0 Å². The lowest BCUT2D eigenvalue weighted by atomic mass is 9.86. The molecule has 0 atom stereocenters. The van der Waals surface area contributed by atoms with Gasteiger partial charge in [-0.15, -0.1) is 24.0 Å². The van der Waals surface area contributed by atoms with Gasteiger partial charge in [0.2, 0.25) is 0 Å².